The third-order valence-electron chi connectivity index (χ3n) is 5.43. The summed E-state index contributed by atoms with van der Waals surface area (Å²) < 4.78 is 1.91. The van der Waals surface area contributed by atoms with E-state index in [0.717, 1.165) is 34.9 Å². The summed E-state index contributed by atoms with van der Waals surface area (Å²) in [6.45, 7) is 0. The molecular weight excluding hydrogens is 398 g/mol. The van der Waals surface area contributed by atoms with Crippen LogP contribution in [-0.2, 0) is 16.0 Å². The Labute approximate surface area is 179 Å². The molecule has 156 valence electrons. The van der Waals surface area contributed by atoms with E-state index in [0.29, 0.717) is 19.3 Å². The molecule has 0 saturated heterocycles. The van der Waals surface area contributed by atoms with Gasteiger partial charge in [-0.25, -0.2) is 0 Å². The average molecular weight is 424 g/mol. The molecular formula is C22H25N5O2S. The van der Waals surface area contributed by atoms with Crippen LogP contribution < -0.4 is 10.6 Å². The lowest BCUT2D eigenvalue weighted by atomic mass is 9.89. The normalized spacial score (nSPS) is 16.7. The van der Waals surface area contributed by atoms with Gasteiger partial charge in [-0.1, -0.05) is 24.3 Å². The van der Waals surface area contributed by atoms with Gasteiger partial charge < -0.3 is 10.6 Å². The zero-order chi connectivity index (χ0) is 20.9. The number of nitrogens with zero attached hydrogens (tertiary/aromatic N) is 3. The molecule has 2 unspecified atom stereocenters. The van der Waals surface area contributed by atoms with Crippen LogP contribution in [0.1, 0.15) is 36.7 Å². The molecule has 2 atom stereocenters. The molecule has 0 radical (unpaired) electrons. The molecule has 0 aliphatic carbocycles. The highest BCUT2D eigenvalue weighted by molar-refractivity contribution is 7.98. The van der Waals surface area contributed by atoms with Crippen LogP contribution >= 0.6 is 11.8 Å². The average Bonchev–Trinajstić information content (AvgIpc) is 3.19. The van der Waals surface area contributed by atoms with Crippen molar-refractivity contribution in [1.82, 2.24) is 19.9 Å². The number of amides is 2. The molecule has 1 aliphatic rings. The minimum Gasteiger partial charge on any atom is -0.346 e. The van der Waals surface area contributed by atoms with E-state index in [1.54, 1.807) is 11.8 Å². The number of hydrogen-bond acceptors (Lipinski definition) is 5. The van der Waals surface area contributed by atoms with E-state index in [1.807, 2.05) is 59.3 Å². The summed E-state index contributed by atoms with van der Waals surface area (Å²) in [6.07, 6.45) is 6.20. The SMILES string of the molecule is CSCCC(NC(=O)CCC1Cc2ccccc2NC1=O)c1nnc2ccccn12. The summed E-state index contributed by atoms with van der Waals surface area (Å²) in [5.41, 5.74) is 2.75. The van der Waals surface area contributed by atoms with Gasteiger partial charge >= 0.3 is 0 Å². The van der Waals surface area contributed by atoms with E-state index in [9.17, 15) is 9.59 Å². The van der Waals surface area contributed by atoms with Crippen molar-refractivity contribution in [3.63, 3.8) is 0 Å². The van der Waals surface area contributed by atoms with Gasteiger partial charge in [-0.15, -0.1) is 10.2 Å². The fraction of sp³-hybridized carbons (Fsp3) is 0.364. The number of rotatable bonds is 8. The van der Waals surface area contributed by atoms with Crippen LogP contribution in [0.5, 0.6) is 0 Å². The second-order valence-corrected chi connectivity index (χ2v) is 8.46. The molecule has 4 rings (SSSR count). The number of aromatic nitrogens is 3. The number of anilines is 1. The first-order valence-electron chi connectivity index (χ1n) is 10.1. The van der Waals surface area contributed by atoms with Gasteiger partial charge in [0.2, 0.25) is 11.8 Å². The predicted molar refractivity (Wildman–Crippen MR) is 118 cm³/mol. The third-order valence-corrected chi connectivity index (χ3v) is 6.07. The number of nitrogens with one attached hydrogen (secondary N) is 2. The Kier molecular flexibility index (Phi) is 6.32. The van der Waals surface area contributed by atoms with Gasteiger partial charge in [0.15, 0.2) is 11.5 Å². The molecule has 3 heterocycles. The van der Waals surface area contributed by atoms with Crippen molar-refractivity contribution in [3.05, 3.63) is 60.0 Å². The van der Waals surface area contributed by atoms with E-state index in [1.165, 1.54) is 0 Å². The first-order valence-corrected chi connectivity index (χ1v) is 11.5. The fourth-order valence-corrected chi connectivity index (χ4v) is 4.29. The minimum atomic E-state index is -0.219. The molecule has 7 nitrogen and oxygen atoms in total. The smallest absolute Gasteiger partial charge is 0.227 e. The van der Waals surface area contributed by atoms with Crippen molar-refractivity contribution in [2.24, 2.45) is 5.92 Å². The molecule has 0 spiro atoms. The molecule has 8 heteroatoms. The summed E-state index contributed by atoms with van der Waals surface area (Å²) >= 11 is 1.73. The van der Waals surface area contributed by atoms with Gasteiger partial charge in [-0.2, -0.15) is 11.8 Å². The quantitative estimate of drug-likeness (QED) is 0.581. The van der Waals surface area contributed by atoms with Gasteiger partial charge in [0.05, 0.1) is 6.04 Å². The molecule has 2 amide bonds. The molecule has 2 N–H and O–H groups in total. The molecule has 0 bridgehead atoms. The number of pyridine rings is 1. The van der Waals surface area contributed by atoms with Gasteiger partial charge in [0.1, 0.15) is 0 Å². The summed E-state index contributed by atoms with van der Waals surface area (Å²) in [5, 5.41) is 14.6. The Morgan fingerprint density at radius 3 is 2.97 bits per heavy atom. The van der Waals surface area contributed by atoms with Crippen LogP contribution in [0.4, 0.5) is 5.69 Å². The molecule has 0 saturated carbocycles. The van der Waals surface area contributed by atoms with Crippen molar-refractivity contribution in [2.45, 2.75) is 31.7 Å². The molecule has 30 heavy (non-hydrogen) atoms. The lowest BCUT2D eigenvalue weighted by Crippen LogP contribution is -2.33. The van der Waals surface area contributed by atoms with E-state index in [-0.39, 0.29) is 23.8 Å². The van der Waals surface area contributed by atoms with Crippen molar-refractivity contribution < 1.29 is 9.59 Å². The summed E-state index contributed by atoms with van der Waals surface area (Å²) in [7, 11) is 0. The summed E-state index contributed by atoms with van der Waals surface area (Å²) in [5.74, 6) is 1.36. The zero-order valence-corrected chi connectivity index (χ0v) is 17.7. The zero-order valence-electron chi connectivity index (χ0n) is 16.9. The highest BCUT2D eigenvalue weighted by Crippen LogP contribution is 2.27. The van der Waals surface area contributed by atoms with Crippen LogP contribution in [0.3, 0.4) is 0 Å². The first-order chi connectivity index (χ1) is 14.7. The van der Waals surface area contributed by atoms with Gasteiger partial charge in [-0.3, -0.25) is 14.0 Å². The highest BCUT2D eigenvalue weighted by Gasteiger charge is 2.27. The number of thioether (sulfide) groups is 1. The number of carbonyl (C=O) groups excluding carboxylic acids is 2. The Morgan fingerprint density at radius 1 is 1.27 bits per heavy atom. The molecule has 0 fully saturated rings. The number of carbonyl (C=O) groups is 2. The van der Waals surface area contributed by atoms with Gasteiger partial charge in [0.25, 0.3) is 0 Å². The molecule has 1 aliphatic heterocycles. The van der Waals surface area contributed by atoms with E-state index in [4.69, 9.17) is 0 Å². The second kappa shape index (κ2) is 9.30. The van der Waals surface area contributed by atoms with Crippen molar-refractivity contribution in [1.29, 1.82) is 0 Å². The van der Waals surface area contributed by atoms with Crippen LogP contribution in [-0.4, -0.2) is 38.4 Å². The largest absolute Gasteiger partial charge is 0.346 e. The number of fused-ring (bicyclic) bond motifs is 2. The standard InChI is InChI=1S/C22H25N5O2S/c1-30-13-11-18(21-26-25-19-8-4-5-12-27(19)21)23-20(28)10-9-16-14-15-6-2-3-7-17(15)24-22(16)29/h2-8,12,16,18H,9-11,13-14H2,1H3,(H,23,28)(H,24,29). The molecule has 3 aromatic rings. The number of para-hydroxylation sites is 1. The van der Waals surface area contributed by atoms with E-state index in [2.05, 4.69) is 20.8 Å². The first kappa shape index (κ1) is 20.4. The van der Waals surface area contributed by atoms with Gasteiger partial charge in [0, 0.05) is 24.2 Å². The van der Waals surface area contributed by atoms with Crippen LogP contribution in [0.2, 0.25) is 0 Å². The van der Waals surface area contributed by atoms with Gasteiger partial charge in [-0.05, 0) is 55.0 Å². The Balaban J connectivity index is 1.40. The summed E-state index contributed by atoms with van der Waals surface area (Å²) in [6, 6.07) is 13.3. The van der Waals surface area contributed by atoms with E-state index >= 15 is 0 Å². The van der Waals surface area contributed by atoms with Crippen LogP contribution in [0, 0.1) is 5.92 Å². The van der Waals surface area contributed by atoms with Crippen LogP contribution in [0.25, 0.3) is 5.65 Å². The van der Waals surface area contributed by atoms with Crippen molar-refractivity contribution in [2.75, 3.05) is 17.3 Å². The Bertz CT molecular complexity index is 1050. The third kappa shape index (κ3) is 4.48. The van der Waals surface area contributed by atoms with Crippen molar-refractivity contribution in [3.8, 4) is 0 Å². The lowest BCUT2D eigenvalue weighted by molar-refractivity contribution is -0.123. The maximum Gasteiger partial charge on any atom is 0.227 e. The number of hydrogen-bond donors (Lipinski definition) is 2. The highest BCUT2D eigenvalue weighted by atomic mass is 32.2. The molecule has 2 aromatic heterocycles. The fourth-order valence-electron chi connectivity index (χ4n) is 3.82. The Morgan fingerprint density at radius 2 is 2.10 bits per heavy atom. The van der Waals surface area contributed by atoms with E-state index < -0.39 is 0 Å². The van der Waals surface area contributed by atoms with Crippen molar-refractivity contribution >= 4 is 34.9 Å². The monoisotopic (exact) mass is 423 g/mol. The minimum absolute atomic E-state index is 0.0103. The molecule has 1 aromatic carbocycles. The van der Waals surface area contributed by atoms with Crippen LogP contribution in [0.15, 0.2) is 48.7 Å². The predicted octanol–water partition coefficient (Wildman–Crippen LogP) is 3.23. The maximum absolute atomic E-state index is 12.7. The second-order valence-electron chi connectivity index (χ2n) is 7.47. The summed E-state index contributed by atoms with van der Waals surface area (Å²) in [4.78, 5) is 25.1. The maximum atomic E-state index is 12.7. The number of benzene rings is 1. The Hall–Kier alpha value is -2.87. The lowest BCUT2D eigenvalue weighted by Gasteiger charge is -2.24. The topological polar surface area (TPSA) is 88.4 Å².